The molecule has 0 radical (unpaired) electrons. The molecule has 56 heavy (non-hydrogen) atoms. The second kappa shape index (κ2) is 20.1. The van der Waals surface area contributed by atoms with E-state index in [1.54, 1.807) is 0 Å². The number of hydrazone groups is 2. The van der Waals surface area contributed by atoms with Gasteiger partial charge in [-0.25, -0.2) is 10.0 Å². The van der Waals surface area contributed by atoms with Crippen LogP contribution in [0.5, 0.6) is 0 Å². The Balaban J connectivity index is 0.000000192. The first kappa shape index (κ1) is 39.0. The van der Waals surface area contributed by atoms with Crippen molar-refractivity contribution in [3.63, 3.8) is 0 Å². The highest BCUT2D eigenvalue weighted by atomic mass is 15.5. The van der Waals surface area contributed by atoms with Gasteiger partial charge in [0.15, 0.2) is 0 Å². The lowest BCUT2D eigenvalue weighted by Crippen LogP contribution is -2.21. The van der Waals surface area contributed by atoms with Crippen molar-refractivity contribution in [2.24, 2.45) is 10.2 Å². The second-order valence-electron chi connectivity index (χ2n) is 13.1. The summed E-state index contributed by atoms with van der Waals surface area (Å²) >= 11 is 0. The Labute approximate surface area is 333 Å². The highest BCUT2D eigenvalue weighted by Crippen LogP contribution is 2.33. The van der Waals surface area contributed by atoms with Gasteiger partial charge in [0.1, 0.15) is 0 Å². The van der Waals surface area contributed by atoms with Crippen LogP contribution in [0.3, 0.4) is 0 Å². The Morgan fingerprint density at radius 3 is 1.18 bits per heavy atom. The van der Waals surface area contributed by atoms with Crippen LogP contribution in [-0.2, 0) is 0 Å². The quantitative estimate of drug-likeness (QED) is 0.0823. The van der Waals surface area contributed by atoms with Gasteiger partial charge in [0.25, 0.3) is 0 Å². The van der Waals surface area contributed by atoms with Crippen molar-refractivity contribution in [2.75, 3.05) is 46.0 Å². The SMILES string of the molecule is CCN(CC)c1ccc(C=NN(c2ccccc2)c2cccc3ccccc23)cc1.CCN(CC)c1ccc(C=NN(c2ccccc2)c2ccccc2)cc1. The van der Waals surface area contributed by atoms with Crippen LogP contribution in [0.15, 0.2) is 192 Å². The predicted octanol–water partition coefficient (Wildman–Crippen LogP) is 12.6. The Kier molecular flexibility index (Phi) is 14.0. The molecule has 0 amide bonds. The third-order valence-corrected chi connectivity index (χ3v) is 9.69. The van der Waals surface area contributed by atoms with Crippen LogP contribution in [0.4, 0.5) is 34.1 Å². The molecule has 0 atom stereocenters. The predicted molar refractivity (Wildman–Crippen MR) is 243 cm³/mol. The molecule has 0 spiro atoms. The number of hydrogen-bond acceptors (Lipinski definition) is 6. The zero-order valence-corrected chi connectivity index (χ0v) is 33.0. The van der Waals surface area contributed by atoms with Crippen molar-refractivity contribution in [3.05, 3.63) is 193 Å². The van der Waals surface area contributed by atoms with Crippen LogP contribution < -0.4 is 19.8 Å². The molecule has 0 aliphatic carbocycles. The van der Waals surface area contributed by atoms with Gasteiger partial charge >= 0.3 is 0 Å². The van der Waals surface area contributed by atoms with Gasteiger partial charge in [0.05, 0.1) is 35.2 Å². The Morgan fingerprint density at radius 1 is 0.357 bits per heavy atom. The lowest BCUT2D eigenvalue weighted by Gasteiger charge is -2.22. The van der Waals surface area contributed by atoms with E-state index < -0.39 is 0 Å². The molecule has 7 aromatic rings. The smallest absolute Gasteiger partial charge is 0.0730 e. The van der Waals surface area contributed by atoms with Gasteiger partial charge in [0, 0.05) is 42.9 Å². The summed E-state index contributed by atoms with van der Waals surface area (Å²) < 4.78 is 0. The number of benzene rings is 7. The highest BCUT2D eigenvalue weighted by Gasteiger charge is 2.12. The van der Waals surface area contributed by atoms with E-state index in [0.717, 1.165) is 60.1 Å². The van der Waals surface area contributed by atoms with Crippen LogP contribution in [0.25, 0.3) is 10.8 Å². The minimum absolute atomic E-state index is 1.01. The molecule has 0 saturated heterocycles. The highest BCUT2D eigenvalue weighted by molar-refractivity contribution is 5.96. The first-order chi connectivity index (χ1) is 27.6. The van der Waals surface area contributed by atoms with Crippen molar-refractivity contribution in [1.82, 2.24) is 0 Å². The third kappa shape index (κ3) is 10.1. The third-order valence-electron chi connectivity index (χ3n) is 9.69. The zero-order chi connectivity index (χ0) is 39.0. The molecule has 282 valence electrons. The topological polar surface area (TPSA) is 37.7 Å². The molecule has 0 aromatic heterocycles. The minimum Gasteiger partial charge on any atom is -0.372 e. The maximum atomic E-state index is 4.89. The average molecular weight is 737 g/mol. The molecule has 0 saturated carbocycles. The maximum Gasteiger partial charge on any atom is 0.0730 e. The standard InChI is InChI=1S/C27H27N3.C23H25N3/c1-3-29(4-2)24-19-17-22(18-20-24)21-28-30(25-13-6-5-7-14-25)27-16-10-12-23-11-8-9-15-26(23)27;1-3-25(4-2)21-17-15-20(16-18-21)19-24-26(22-11-7-5-8-12-22)23-13-9-6-10-14-23/h5-21H,3-4H2,1-2H3;5-19H,3-4H2,1-2H3. The molecular formula is C50H52N6. The summed E-state index contributed by atoms with van der Waals surface area (Å²) in [5, 5.41) is 16.0. The van der Waals surface area contributed by atoms with E-state index in [1.807, 2.05) is 77.0 Å². The van der Waals surface area contributed by atoms with Crippen molar-refractivity contribution >= 4 is 57.3 Å². The molecule has 0 aliphatic rings. The van der Waals surface area contributed by atoms with E-state index >= 15 is 0 Å². The molecule has 0 heterocycles. The van der Waals surface area contributed by atoms with Crippen molar-refractivity contribution < 1.29 is 0 Å². The fourth-order valence-corrected chi connectivity index (χ4v) is 6.62. The summed E-state index contributed by atoms with van der Waals surface area (Å²) in [7, 11) is 0. The van der Waals surface area contributed by atoms with E-state index in [0.29, 0.717) is 0 Å². The van der Waals surface area contributed by atoms with E-state index in [1.165, 1.54) is 22.1 Å². The van der Waals surface area contributed by atoms with Crippen molar-refractivity contribution in [1.29, 1.82) is 0 Å². The second-order valence-corrected chi connectivity index (χ2v) is 13.1. The molecule has 6 heteroatoms. The summed E-state index contributed by atoms with van der Waals surface area (Å²) in [6.45, 7) is 12.8. The van der Waals surface area contributed by atoms with Gasteiger partial charge in [-0.3, -0.25) is 0 Å². The normalized spacial score (nSPS) is 11.0. The molecular weight excluding hydrogens is 685 g/mol. The zero-order valence-electron chi connectivity index (χ0n) is 33.0. The first-order valence-corrected chi connectivity index (χ1v) is 19.6. The Hall–Kier alpha value is -6.66. The van der Waals surface area contributed by atoms with E-state index in [2.05, 4.69) is 165 Å². The largest absolute Gasteiger partial charge is 0.372 e. The monoisotopic (exact) mass is 736 g/mol. The minimum atomic E-state index is 1.01. The molecule has 0 bridgehead atoms. The van der Waals surface area contributed by atoms with Crippen LogP contribution >= 0.6 is 0 Å². The van der Waals surface area contributed by atoms with Crippen molar-refractivity contribution in [3.8, 4) is 0 Å². The van der Waals surface area contributed by atoms with E-state index in [-0.39, 0.29) is 0 Å². The molecule has 7 aromatic carbocycles. The van der Waals surface area contributed by atoms with Gasteiger partial charge < -0.3 is 9.80 Å². The van der Waals surface area contributed by atoms with Gasteiger partial charge in [-0.2, -0.15) is 10.2 Å². The summed E-state index contributed by atoms with van der Waals surface area (Å²) in [6.07, 6.45) is 3.84. The molecule has 0 fully saturated rings. The van der Waals surface area contributed by atoms with Crippen LogP contribution in [0.1, 0.15) is 38.8 Å². The fourth-order valence-electron chi connectivity index (χ4n) is 6.62. The summed E-state index contributed by atoms with van der Waals surface area (Å²) in [4.78, 5) is 4.68. The van der Waals surface area contributed by atoms with E-state index in [9.17, 15) is 0 Å². The molecule has 0 aliphatic heterocycles. The fraction of sp³-hybridized carbons (Fsp3) is 0.160. The Bertz CT molecular complexity index is 2200. The first-order valence-electron chi connectivity index (χ1n) is 19.6. The average Bonchev–Trinajstić information content (AvgIpc) is 3.27. The molecule has 6 nitrogen and oxygen atoms in total. The van der Waals surface area contributed by atoms with Crippen molar-refractivity contribution in [2.45, 2.75) is 27.7 Å². The lowest BCUT2D eigenvalue weighted by atomic mass is 10.1. The summed E-state index contributed by atoms with van der Waals surface area (Å²) in [6, 6.07) is 62.6. The van der Waals surface area contributed by atoms with Crippen LogP contribution in [0, 0.1) is 0 Å². The summed E-state index contributed by atoms with van der Waals surface area (Å²) in [5.74, 6) is 0. The van der Waals surface area contributed by atoms with Gasteiger partial charge in [-0.05, 0) is 111 Å². The van der Waals surface area contributed by atoms with Gasteiger partial charge in [-0.1, -0.05) is 115 Å². The molecule has 7 rings (SSSR count). The van der Waals surface area contributed by atoms with Crippen LogP contribution in [0.2, 0.25) is 0 Å². The summed E-state index contributed by atoms with van der Waals surface area (Å²) in [5.41, 5.74) is 8.82. The van der Waals surface area contributed by atoms with E-state index in [4.69, 9.17) is 10.2 Å². The molecule has 0 N–H and O–H groups in total. The number of rotatable bonds is 14. The van der Waals surface area contributed by atoms with Crippen LogP contribution in [-0.4, -0.2) is 38.6 Å². The number of anilines is 6. The number of hydrogen-bond donors (Lipinski definition) is 0. The van der Waals surface area contributed by atoms with Gasteiger partial charge in [0.2, 0.25) is 0 Å². The lowest BCUT2D eigenvalue weighted by molar-refractivity contribution is 0.866. The molecule has 0 unspecified atom stereocenters. The number of nitrogens with zero attached hydrogens (tertiary/aromatic N) is 6. The number of fused-ring (bicyclic) bond motifs is 1. The maximum absolute atomic E-state index is 4.89. The van der Waals surface area contributed by atoms with Gasteiger partial charge in [-0.15, -0.1) is 0 Å². The number of para-hydroxylation sites is 3. The Morgan fingerprint density at radius 2 is 0.732 bits per heavy atom.